The van der Waals surface area contributed by atoms with Crippen molar-refractivity contribution < 1.29 is 13.2 Å². The molecule has 0 heterocycles. The van der Waals surface area contributed by atoms with Gasteiger partial charge in [0.05, 0.1) is 11.5 Å². The maximum absolute atomic E-state index is 11.1. The molecule has 5 nitrogen and oxygen atoms in total. The average Bonchev–Trinajstić information content (AvgIpc) is 2.00. The fourth-order valence-electron chi connectivity index (χ4n) is 0.748. The van der Waals surface area contributed by atoms with Gasteiger partial charge in [0.25, 0.3) is 0 Å². The van der Waals surface area contributed by atoms with Crippen LogP contribution in [0.1, 0.15) is 6.42 Å². The van der Waals surface area contributed by atoms with Crippen LogP contribution in [0.3, 0.4) is 0 Å². The van der Waals surface area contributed by atoms with Gasteiger partial charge in [0.15, 0.2) is 9.84 Å². The van der Waals surface area contributed by atoms with Crippen LogP contribution in [0.25, 0.3) is 0 Å². The number of hydrogen-bond donors (Lipinski definition) is 1. The number of nitrogens with zero attached hydrogens (tertiary/aromatic N) is 1. The van der Waals surface area contributed by atoms with Crippen LogP contribution in [0.5, 0.6) is 0 Å². The van der Waals surface area contributed by atoms with Crippen molar-refractivity contribution in [3.63, 3.8) is 0 Å². The van der Waals surface area contributed by atoms with Gasteiger partial charge in [0.2, 0.25) is 5.91 Å². The Hall–Kier alpha value is -0.620. The van der Waals surface area contributed by atoms with Crippen LogP contribution in [0.4, 0.5) is 0 Å². The predicted octanol–water partition coefficient (Wildman–Crippen LogP) is -1.16. The molecule has 0 aromatic carbocycles. The van der Waals surface area contributed by atoms with E-state index in [1.165, 1.54) is 4.90 Å². The molecule has 78 valence electrons. The second-order valence-corrected chi connectivity index (χ2v) is 5.28. The standard InChI is InChI=1S/C7H16N2O3S/c1-9(2)7(10)3-5-13(11,12)6-4-8/h3-6,8H2,1-2H3. The van der Waals surface area contributed by atoms with E-state index in [-0.39, 0.29) is 30.4 Å². The Balaban J connectivity index is 3.96. The fraction of sp³-hybridized carbons (Fsp3) is 0.857. The maximum Gasteiger partial charge on any atom is 0.223 e. The van der Waals surface area contributed by atoms with Crippen molar-refractivity contribution in [2.24, 2.45) is 5.73 Å². The number of amides is 1. The number of hydrogen-bond acceptors (Lipinski definition) is 4. The second-order valence-electron chi connectivity index (χ2n) is 2.98. The van der Waals surface area contributed by atoms with E-state index in [0.29, 0.717) is 0 Å². The number of carbonyl (C=O) groups excluding carboxylic acids is 1. The van der Waals surface area contributed by atoms with Gasteiger partial charge in [0.1, 0.15) is 0 Å². The molecule has 0 atom stereocenters. The van der Waals surface area contributed by atoms with Crippen LogP contribution in [0.2, 0.25) is 0 Å². The Morgan fingerprint density at radius 2 is 1.85 bits per heavy atom. The molecule has 6 heteroatoms. The van der Waals surface area contributed by atoms with Crippen molar-refractivity contribution in [1.82, 2.24) is 4.90 Å². The van der Waals surface area contributed by atoms with Gasteiger partial charge >= 0.3 is 0 Å². The molecule has 0 bridgehead atoms. The molecule has 13 heavy (non-hydrogen) atoms. The Kier molecular flexibility index (Phi) is 4.94. The van der Waals surface area contributed by atoms with E-state index in [1.54, 1.807) is 14.1 Å². The molecule has 2 N–H and O–H groups in total. The van der Waals surface area contributed by atoms with Crippen molar-refractivity contribution in [2.45, 2.75) is 6.42 Å². The van der Waals surface area contributed by atoms with Gasteiger partial charge < -0.3 is 10.6 Å². The zero-order valence-electron chi connectivity index (χ0n) is 7.99. The van der Waals surface area contributed by atoms with Crippen LogP contribution in [-0.4, -0.2) is 51.4 Å². The van der Waals surface area contributed by atoms with E-state index in [1.807, 2.05) is 0 Å². The van der Waals surface area contributed by atoms with Gasteiger partial charge in [0, 0.05) is 27.1 Å². The van der Waals surface area contributed by atoms with Crippen LogP contribution in [0.15, 0.2) is 0 Å². The topological polar surface area (TPSA) is 80.5 Å². The third-order valence-corrected chi connectivity index (χ3v) is 3.24. The van der Waals surface area contributed by atoms with Gasteiger partial charge in [-0.3, -0.25) is 4.79 Å². The molecule has 0 rings (SSSR count). The molecular weight excluding hydrogens is 192 g/mol. The summed E-state index contributed by atoms with van der Waals surface area (Å²) >= 11 is 0. The van der Waals surface area contributed by atoms with Crippen molar-refractivity contribution in [1.29, 1.82) is 0 Å². The van der Waals surface area contributed by atoms with Gasteiger partial charge in [-0.1, -0.05) is 0 Å². The lowest BCUT2D eigenvalue weighted by Crippen LogP contribution is -2.26. The Labute approximate surface area is 78.8 Å². The summed E-state index contributed by atoms with van der Waals surface area (Å²) in [4.78, 5) is 12.4. The summed E-state index contributed by atoms with van der Waals surface area (Å²) < 4.78 is 22.2. The predicted molar refractivity (Wildman–Crippen MR) is 51.0 cm³/mol. The summed E-state index contributed by atoms with van der Waals surface area (Å²) in [6.07, 6.45) is 0.0370. The Bertz CT molecular complexity index is 259. The van der Waals surface area contributed by atoms with Crippen LogP contribution in [-0.2, 0) is 14.6 Å². The molecule has 0 aromatic heterocycles. The first-order valence-electron chi connectivity index (χ1n) is 3.99. The average molecular weight is 208 g/mol. The summed E-state index contributed by atoms with van der Waals surface area (Å²) in [5.74, 6) is -0.338. The zero-order valence-corrected chi connectivity index (χ0v) is 8.80. The van der Waals surface area contributed by atoms with Gasteiger partial charge in [-0.05, 0) is 0 Å². The van der Waals surface area contributed by atoms with E-state index < -0.39 is 9.84 Å². The number of rotatable bonds is 5. The molecule has 0 aliphatic rings. The molecule has 0 saturated heterocycles. The minimum atomic E-state index is -3.13. The van der Waals surface area contributed by atoms with Gasteiger partial charge in [-0.25, -0.2) is 8.42 Å². The quantitative estimate of drug-likeness (QED) is 0.618. The third kappa shape index (κ3) is 5.59. The Morgan fingerprint density at radius 3 is 2.23 bits per heavy atom. The third-order valence-electron chi connectivity index (χ3n) is 1.55. The molecule has 0 aliphatic heterocycles. The summed E-state index contributed by atoms with van der Waals surface area (Å²) in [6, 6.07) is 0. The number of sulfone groups is 1. The maximum atomic E-state index is 11.1. The van der Waals surface area contributed by atoms with Crippen molar-refractivity contribution in [3.05, 3.63) is 0 Å². The highest BCUT2D eigenvalue weighted by atomic mass is 32.2. The number of carbonyl (C=O) groups is 1. The van der Waals surface area contributed by atoms with Crippen molar-refractivity contribution in [3.8, 4) is 0 Å². The molecule has 0 saturated carbocycles. The summed E-state index contributed by atoms with van der Waals surface area (Å²) in [5, 5.41) is 0. The summed E-state index contributed by atoms with van der Waals surface area (Å²) in [7, 11) is 0.0575. The largest absolute Gasteiger partial charge is 0.349 e. The van der Waals surface area contributed by atoms with E-state index in [9.17, 15) is 13.2 Å². The lowest BCUT2D eigenvalue weighted by molar-refractivity contribution is -0.128. The highest BCUT2D eigenvalue weighted by Gasteiger charge is 2.13. The Morgan fingerprint density at radius 1 is 1.31 bits per heavy atom. The van der Waals surface area contributed by atoms with E-state index in [0.717, 1.165) is 0 Å². The lowest BCUT2D eigenvalue weighted by Gasteiger charge is -2.09. The minimum Gasteiger partial charge on any atom is -0.349 e. The lowest BCUT2D eigenvalue weighted by atomic mass is 10.4. The highest BCUT2D eigenvalue weighted by molar-refractivity contribution is 7.91. The summed E-state index contributed by atoms with van der Waals surface area (Å²) in [6.45, 7) is 0.110. The zero-order chi connectivity index (χ0) is 10.5. The van der Waals surface area contributed by atoms with E-state index >= 15 is 0 Å². The van der Waals surface area contributed by atoms with E-state index in [4.69, 9.17) is 5.73 Å². The molecular formula is C7H16N2O3S. The molecule has 1 amide bonds. The van der Waals surface area contributed by atoms with Crippen LogP contribution in [0, 0.1) is 0 Å². The van der Waals surface area contributed by atoms with Crippen molar-refractivity contribution in [2.75, 3.05) is 32.1 Å². The molecule has 0 spiro atoms. The smallest absolute Gasteiger partial charge is 0.223 e. The van der Waals surface area contributed by atoms with Crippen molar-refractivity contribution >= 4 is 15.7 Å². The van der Waals surface area contributed by atoms with Gasteiger partial charge in [-0.15, -0.1) is 0 Å². The van der Waals surface area contributed by atoms with Crippen LogP contribution >= 0.6 is 0 Å². The van der Waals surface area contributed by atoms with E-state index in [2.05, 4.69) is 0 Å². The normalized spacial score (nSPS) is 11.3. The first-order chi connectivity index (χ1) is 5.89. The highest BCUT2D eigenvalue weighted by Crippen LogP contribution is 1.95. The molecule has 0 fully saturated rings. The molecule has 0 unspecified atom stereocenters. The monoisotopic (exact) mass is 208 g/mol. The summed E-state index contributed by atoms with van der Waals surface area (Å²) in [5.41, 5.74) is 5.11. The first kappa shape index (κ1) is 12.4. The fourth-order valence-corrected chi connectivity index (χ4v) is 1.80. The first-order valence-corrected chi connectivity index (χ1v) is 5.82. The van der Waals surface area contributed by atoms with Crippen LogP contribution < -0.4 is 5.73 Å². The second kappa shape index (κ2) is 5.18. The van der Waals surface area contributed by atoms with Gasteiger partial charge in [-0.2, -0.15) is 0 Å². The molecule has 0 aliphatic carbocycles. The molecule has 0 radical (unpaired) electrons. The minimum absolute atomic E-state index is 0.0370. The SMILES string of the molecule is CN(C)C(=O)CCS(=O)(=O)CCN. The number of nitrogens with two attached hydrogens (primary N) is 1. The molecule has 0 aromatic rings.